The second kappa shape index (κ2) is 3.95. The third-order valence-corrected chi connectivity index (χ3v) is 3.45. The number of esters is 1. The van der Waals surface area contributed by atoms with Crippen LogP contribution in [0, 0.1) is 5.92 Å². The first-order valence-electron chi connectivity index (χ1n) is 5.92. The van der Waals surface area contributed by atoms with Gasteiger partial charge in [0.2, 0.25) is 0 Å². The number of ketones is 1. The van der Waals surface area contributed by atoms with E-state index in [0.717, 1.165) is 19.3 Å². The number of rotatable bonds is 6. The quantitative estimate of drug-likeness (QED) is 0.498. The minimum absolute atomic E-state index is 0.0387. The Hall–Kier alpha value is -0.860. The van der Waals surface area contributed by atoms with Gasteiger partial charge in [-0.15, -0.1) is 0 Å². The highest BCUT2D eigenvalue weighted by atomic mass is 16.6. The average molecular weight is 210 g/mol. The van der Waals surface area contributed by atoms with Gasteiger partial charge >= 0.3 is 5.97 Å². The van der Waals surface area contributed by atoms with Gasteiger partial charge in [0, 0.05) is 12.8 Å². The fraction of sp³-hybridized carbons (Fsp3) is 0.833. The van der Waals surface area contributed by atoms with Gasteiger partial charge in [0.1, 0.15) is 11.4 Å². The molecule has 0 aromatic rings. The van der Waals surface area contributed by atoms with Crippen molar-refractivity contribution in [3.05, 3.63) is 0 Å². The number of unbranched alkanes of at least 4 members (excludes halogenated alkanes) is 3. The normalized spacial score (nSPS) is 32.3. The molecule has 1 saturated carbocycles. The minimum Gasteiger partial charge on any atom is -0.458 e. The van der Waals surface area contributed by atoms with Crippen molar-refractivity contribution in [3.63, 3.8) is 0 Å². The van der Waals surface area contributed by atoms with Gasteiger partial charge < -0.3 is 4.74 Å². The van der Waals surface area contributed by atoms with Gasteiger partial charge in [-0.1, -0.05) is 26.2 Å². The Bertz CT molecular complexity index is 275. The Morgan fingerprint density at radius 3 is 2.80 bits per heavy atom. The fourth-order valence-corrected chi connectivity index (χ4v) is 2.36. The zero-order chi connectivity index (χ0) is 10.9. The molecule has 84 valence electrons. The molecular weight excluding hydrogens is 192 g/mol. The summed E-state index contributed by atoms with van der Waals surface area (Å²) < 4.78 is 5.04. The van der Waals surface area contributed by atoms with Crippen LogP contribution >= 0.6 is 0 Å². The van der Waals surface area contributed by atoms with Gasteiger partial charge in [0.05, 0.1) is 12.3 Å². The predicted octanol–water partition coefficient (Wildman–Crippen LogP) is 2.23. The van der Waals surface area contributed by atoms with E-state index in [2.05, 4.69) is 6.92 Å². The van der Waals surface area contributed by atoms with Crippen LogP contribution in [0.2, 0.25) is 0 Å². The fourth-order valence-electron chi connectivity index (χ4n) is 2.36. The first-order chi connectivity index (χ1) is 7.18. The topological polar surface area (TPSA) is 43.4 Å². The average Bonchev–Trinajstić information content (AvgIpc) is 2.87. The highest BCUT2D eigenvalue weighted by Gasteiger charge is 2.67. The maximum Gasteiger partial charge on any atom is 0.310 e. The van der Waals surface area contributed by atoms with Crippen molar-refractivity contribution >= 4 is 11.8 Å². The van der Waals surface area contributed by atoms with E-state index in [0.29, 0.717) is 18.6 Å². The summed E-state index contributed by atoms with van der Waals surface area (Å²) in [5.74, 6) is 0.201. The molecule has 15 heavy (non-hydrogen) atoms. The van der Waals surface area contributed by atoms with Gasteiger partial charge in [-0.25, -0.2) is 0 Å². The van der Waals surface area contributed by atoms with Crippen LogP contribution in [-0.4, -0.2) is 17.4 Å². The molecule has 1 aliphatic carbocycles. The van der Waals surface area contributed by atoms with Crippen LogP contribution in [0.3, 0.4) is 0 Å². The van der Waals surface area contributed by atoms with E-state index in [1.807, 2.05) is 0 Å². The molecule has 0 aromatic carbocycles. The van der Waals surface area contributed by atoms with E-state index in [1.165, 1.54) is 12.8 Å². The monoisotopic (exact) mass is 210 g/mol. The van der Waals surface area contributed by atoms with Crippen molar-refractivity contribution in [2.45, 2.75) is 57.5 Å². The van der Waals surface area contributed by atoms with Crippen molar-refractivity contribution in [2.24, 2.45) is 5.92 Å². The molecule has 0 radical (unpaired) electrons. The molecule has 2 rings (SSSR count). The second-order valence-electron chi connectivity index (χ2n) is 4.75. The molecule has 2 atom stereocenters. The second-order valence-corrected chi connectivity index (χ2v) is 4.75. The zero-order valence-electron chi connectivity index (χ0n) is 9.25. The molecule has 2 fully saturated rings. The van der Waals surface area contributed by atoms with Crippen LogP contribution in [-0.2, 0) is 14.3 Å². The molecule has 0 bridgehead atoms. The first-order valence-corrected chi connectivity index (χ1v) is 5.92. The van der Waals surface area contributed by atoms with E-state index in [4.69, 9.17) is 4.74 Å². The third-order valence-electron chi connectivity index (χ3n) is 3.45. The summed E-state index contributed by atoms with van der Waals surface area (Å²) in [7, 11) is 0. The molecule has 2 aliphatic rings. The molecular formula is C12H18O3. The minimum atomic E-state index is -0.321. The lowest BCUT2D eigenvalue weighted by atomic mass is 10.0. The van der Waals surface area contributed by atoms with Crippen LogP contribution in [0.15, 0.2) is 0 Å². The van der Waals surface area contributed by atoms with E-state index in [-0.39, 0.29) is 17.5 Å². The largest absolute Gasteiger partial charge is 0.458 e. The summed E-state index contributed by atoms with van der Waals surface area (Å²) in [6, 6.07) is 0. The van der Waals surface area contributed by atoms with Crippen molar-refractivity contribution in [3.8, 4) is 0 Å². The molecule has 1 aliphatic heterocycles. The number of carbonyl (C=O) groups excluding carboxylic acids is 2. The summed E-state index contributed by atoms with van der Waals surface area (Å²) >= 11 is 0. The standard InChI is InChI=1S/C12H18O3/c1-2-3-4-5-6-10(13)9-7-12(9)8-11(14)15-12/h9H,2-8H2,1H3/t9-,12+/m0/s1. The lowest BCUT2D eigenvalue weighted by Crippen LogP contribution is -2.38. The molecule has 0 amide bonds. The Morgan fingerprint density at radius 1 is 1.47 bits per heavy atom. The zero-order valence-corrected chi connectivity index (χ0v) is 9.25. The maximum atomic E-state index is 11.7. The van der Waals surface area contributed by atoms with E-state index in [1.54, 1.807) is 0 Å². The highest BCUT2D eigenvalue weighted by molar-refractivity contribution is 5.90. The summed E-state index contributed by atoms with van der Waals surface area (Å²) in [5.41, 5.74) is -0.321. The summed E-state index contributed by atoms with van der Waals surface area (Å²) in [4.78, 5) is 22.4. The van der Waals surface area contributed by atoms with Gasteiger partial charge in [-0.3, -0.25) is 9.59 Å². The number of hydrogen-bond donors (Lipinski definition) is 0. The van der Waals surface area contributed by atoms with E-state index >= 15 is 0 Å². The first kappa shape index (κ1) is 10.7. The molecule has 0 unspecified atom stereocenters. The molecule has 1 spiro atoms. The van der Waals surface area contributed by atoms with Crippen LogP contribution < -0.4 is 0 Å². The molecule has 3 nitrogen and oxygen atoms in total. The summed E-state index contributed by atoms with van der Waals surface area (Å²) in [6.07, 6.45) is 6.46. The lowest BCUT2D eigenvalue weighted by molar-refractivity contribution is -0.176. The summed E-state index contributed by atoms with van der Waals surface area (Å²) in [6.45, 7) is 2.16. The Morgan fingerprint density at radius 2 is 2.20 bits per heavy atom. The van der Waals surface area contributed by atoms with Crippen molar-refractivity contribution in [1.82, 2.24) is 0 Å². The number of carbonyl (C=O) groups is 2. The Labute approximate surface area is 90.2 Å². The molecule has 1 heterocycles. The SMILES string of the molecule is CCCCCCC(=O)[C@@H]1C[C@@]12CC(=O)O2. The number of hydrogen-bond acceptors (Lipinski definition) is 3. The van der Waals surface area contributed by atoms with Crippen molar-refractivity contribution < 1.29 is 14.3 Å². The molecule has 0 N–H and O–H groups in total. The maximum absolute atomic E-state index is 11.7. The van der Waals surface area contributed by atoms with E-state index in [9.17, 15) is 9.59 Å². The highest BCUT2D eigenvalue weighted by Crippen LogP contribution is 2.56. The number of ether oxygens (including phenoxy) is 1. The van der Waals surface area contributed by atoms with Gasteiger partial charge in [-0.2, -0.15) is 0 Å². The number of Topliss-reactive ketones (excluding diaryl/α,β-unsaturated/α-hetero) is 1. The van der Waals surface area contributed by atoms with Crippen LogP contribution in [0.25, 0.3) is 0 Å². The van der Waals surface area contributed by atoms with Gasteiger partial charge in [0.15, 0.2) is 0 Å². The summed E-state index contributed by atoms with van der Waals surface area (Å²) in [5, 5.41) is 0. The Balaban J connectivity index is 1.64. The van der Waals surface area contributed by atoms with Crippen LogP contribution in [0.1, 0.15) is 51.9 Å². The van der Waals surface area contributed by atoms with Crippen LogP contribution in [0.4, 0.5) is 0 Å². The molecule has 3 heteroatoms. The van der Waals surface area contributed by atoms with Crippen LogP contribution in [0.5, 0.6) is 0 Å². The smallest absolute Gasteiger partial charge is 0.310 e. The Kier molecular flexibility index (Phi) is 2.81. The van der Waals surface area contributed by atoms with E-state index < -0.39 is 0 Å². The third kappa shape index (κ3) is 2.06. The molecule has 0 aromatic heterocycles. The van der Waals surface area contributed by atoms with Gasteiger partial charge in [-0.05, 0) is 6.42 Å². The van der Waals surface area contributed by atoms with Gasteiger partial charge in [0.25, 0.3) is 0 Å². The van der Waals surface area contributed by atoms with Crippen molar-refractivity contribution in [1.29, 1.82) is 0 Å². The lowest BCUT2D eigenvalue weighted by Gasteiger charge is -2.26. The molecule has 1 saturated heterocycles. The van der Waals surface area contributed by atoms with Crippen molar-refractivity contribution in [2.75, 3.05) is 0 Å². The predicted molar refractivity (Wildman–Crippen MR) is 55.3 cm³/mol.